The highest BCUT2D eigenvalue weighted by atomic mass is 28.2. The van der Waals surface area contributed by atoms with Crippen LogP contribution < -0.4 is 16.1 Å². The largest absolute Gasteiger partial charge is 0.326 e. The molecule has 46 heavy (non-hydrogen) atoms. The molecular formula is C42H43BN2Si. The van der Waals surface area contributed by atoms with E-state index in [-0.39, 0.29) is 5.16 Å². The summed E-state index contributed by atoms with van der Waals surface area (Å²) < 4.78 is 2.28. The van der Waals surface area contributed by atoms with Crippen molar-refractivity contribution in [2.45, 2.75) is 44.2 Å². The van der Waals surface area contributed by atoms with Gasteiger partial charge in [-0.3, -0.25) is 0 Å². The average Bonchev–Trinajstić information content (AvgIpc) is 3.67. The minimum absolute atomic E-state index is 0.299. The summed E-state index contributed by atoms with van der Waals surface area (Å²) in [4.78, 5) is 4.42. The highest BCUT2D eigenvalue weighted by Crippen LogP contribution is 2.33. The number of rotatable bonds is 13. The summed E-state index contributed by atoms with van der Waals surface area (Å²) in [6.07, 6.45) is 12.3. The van der Waals surface area contributed by atoms with Gasteiger partial charge in [-0.15, -0.1) is 12.6 Å². The summed E-state index contributed by atoms with van der Waals surface area (Å²) in [6, 6.07) is 51.8. The van der Waals surface area contributed by atoms with Gasteiger partial charge in [-0.05, 0) is 29.5 Å². The van der Waals surface area contributed by atoms with Crippen LogP contribution in [0.4, 0.5) is 0 Å². The Kier molecular flexibility index (Phi) is 12.2. The quantitative estimate of drug-likeness (QED) is 0.0959. The smallest absolute Gasteiger partial charge is 0.233 e. The highest BCUT2D eigenvalue weighted by Gasteiger charge is 2.37. The fourth-order valence-electron chi connectivity index (χ4n) is 6.04. The molecular weight excluding hydrogens is 571 g/mol. The minimum Gasteiger partial charge on any atom is -0.326 e. The number of unbranched alkanes of at least 4 members (excludes halogenated alkanes) is 3. The molecule has 0 spiro atoms. The lowest BCUT2D eigenvalue weighted by molar-refractivity contribution is 0.596. The molecule has 0 atom stereocenters. The van der Waals surface area contributed by atoms with Gasteiger partial charge in [0.25, 0.3) is 0 Å². The summed E-state index contributed by atoms with van der Waals surface area (Å²) in [5, 5.41) is 1.06. The summed E-state index contributed by atoms with van der Waals surface area (Å²) in [5.41, 5.74) is 6.59. The van der Waals surface area contributed by atoms with E-state index in [1.807, 2.05) is 30.6 Å². The molecule has 0 N–H and O–H groups in total. The Labute approximate surface area is 278 Å². The summed E-state index contributed by atoms with van der Waals surface area (Å²) in [7, 11) is 0.540. The lowest BCUT2D eigenvalue weighted by Crippen LogP contribution is -2.46. The van der Waals surface area contributed by atoms with Crippen molar-refractivity contribution >= 4 is 32.3 Å². The maximum absolute atomic E-state index is 4.42. The van der Waals surface area contributed by atoms with Crippen molar-refractivity contribution in [2.24, 2.45) is 0 Å². The Hall–Kier alpha value is -4.67. The summed E-state index contributed by atoms with van der Waals surface area (Å²) in [6.45, 7) is 6.48. The van der Waals surface area contributed by atoms with E-state index in [9.17, 15) is 0 Å². The van der Waals surface area contributed by atoms with E-state index in [0.29, 0.717) is 16.2 Å². The Bertz CT molecular complexity index is 1630. The van der Waals surface area contributed by atoms with Crippen molar-refractivity contribution in [2.75, 3.05) is 0 Å². The Morgan fingerprint density at radius 3 is 1.76 bits per heavy atom. The first-order valence-corrected chi connectivity index (χ1v) is 17.4. The van der Waals surface area contributed by atoms with Gasteiger partial charge in [0.15, 0.2) is 0 Å². The van der Waals surface area contributed by atoms with E-state index < -0.39 is 0 Å². The molecule has 1 heterocycles. The van der Waals surface area contributed by atoms with Gasteiger partial charge in [-0.1, -0.05) is 188 Å². The molecule has 0 bridgehead atoms. The highest BCUT2D eigenvalue weighted by molar-refractivity contribution is 6.89. The monoisotopic (exact) mass is 614 g/mol. The SMILES string of the molecule is C=CB(c1ccccc1)c1ccccc1.CCCCCCc1cccc([Si]C(c2ccccc2)(c2ccccc2)n2ccnc2)c1. The van der Waals surface area contributed by atoms with Crippen LogP contribution in [0.15, 0.2) is 177 Å². The fraction of sp³-hybridized carbons (Fsp3) is 0.167. The first-order valence-electron chi connectivity index (χ1n) is 16.4. The van der Waals surface area contributed by atoms with Crippen LogP contribution in [-0.4, -0.2) is 25.8 Å². The molecule has 228 valence electrons. The molecule has 0 saturated heterocycles. The molecule has 6 aromatic rings. The van der Waals surface area contributed by atoms with Crippen LogP contribution in [-0.2, 0) is 11.6 Å². The van der Waals surface area contributed by atoms with Crippen LogP contribution in [0.25, 0.3) is 0 Å². The van der Waals surface area contributed by atoms with E-state index in [1.165, 1.54) is 58.5 Å². The van der Waals surface area contributed by atoms with Crippen molar-refractivity contribution < 1.29 is 0 Å². The molecule has 0 amide bonds. The molecule has 2 nitrogen and oxygen atoms in total. The van der Waals surface area contributed by atoms with Gasteiger partial charge in [-0.2, -0.15) is 0 Å². The van der Waals surface area contributed by atoms with Gasteiger partial charge in [0.1, 0.15) is 9.52 Å². The third kappa shape index (κ3) is 8.32. The van der Waals surface area contributed by atoms with Crippen molar-refractivity contribution in [3.05, 3.63) is 194 Å². The molecule has 6 rings (SSSR count). The van der Waals surface area contributed by atoms with Crippen molar-refractivity contribution in [1.82, 2.24) is 9.55 Å². The first-order chi connectivity index (χ1) is 22.7. The zero-order valence-corrected chi connectivity index (χ0v) is 27.9. The van der Waals surface area contributed by atoms with Crippen molar-refractivity contribution in [3.8, 4) is 0 Å². The van der Waals surface area contributed by atoms with E-state index in [4.69, 9.17) is 0 Å². The van der Waals surface area contributed by atoms with Gasteiger partial charge in [0, 0.05) is 12.4 Å². The molecule has 0 fully saturated rings. The molecule has 0 aliphatic carbocycles. The Morgan fingerprint density at radius 1 is 0.696 bits per heavy atom. The van der Waals surface area contributed by atoms with Crippen molar-refractivity contribution in [3.63, 3.8) is 0 Å². The second kappa shape index (κ2) is 17.1. The minimum atomic E-state index is -0.320. The van der Waals surface area contributed by atoms with Crippen LogP contribution in [0, 0.1) is 0 Å². The summed E-state index contributed by atoms with van der Waals surface area (Å²) in [5.74, 6) is 1.99. The molecule has 5 aromatic carbocycles. The van der Waals surface area contributed by atoms with Gasteiger partial charge in [0.05, 0.1) is 11.5 Å². The topological polar surface area (TPSA) is 17.8 Å². The number of hydrogen-bond acceptors (Lipinski definition) is 1. The van der Waals surface area contributed by atoms with Crippen LogP contribution in [0.3, 0.4) is 0 Å². The maximum Gasteiger partial charge on any atom is 0.233 e. The summed E-state index contributed by atoms with van der Waals surface area (Å²) >= 11 is 0. The lowest BCUT2D eigenvalue weighted by Gasteiger charge is -2.36. The number of aromatic nitrogens is 2. The van der Waals surface area contributed by atoms with E-state index in [1.54, 1.807) is 0 Å². The number of nitrogens with zero attached hydrogens (tertiary/aromatic N) is 2. The third-order valence-electron chi connectivity index (χ3n) is 8.40. The molecule has 0 saturated carbocycles. The zero-order valence-electron chi connectivity index (χ0n) is 26.9. The van der Waals surface area contributed by atoms with Crippen LogP contribution in [0.5, 0.6) is 0 Å². The molecule has 0 aliphatic rings. The predicted molar refractivity (Wildman–Crippen MR) is 199 cm³/mol. The van der Waals surface area contributed by atoms with Gasteiger partial charge < -0.3 is 4.57 Å². The van der Waals surface area contributed by atoms with E-state index in [0.717, 1.165) is 6.42 Å². The lowest BCUT2D eigenvalue weighted by atomic mass is 9.41. The number of hydrogen-bond donors (Lipinski definition) is 0. The predicted octanol–water partition coefficient (Wildman–Crippen LogP) is 7.81. The molecule has 0 unspecified atom stereocenters. The molecule has 4 heteroatoms. The number of aryl methyl sites for hydroxylation is 1. The zero-order chi connectivity index (χ0) is 31.9. The van der Waals surface area contributed by atoms with Gasteiger partial charge >= 0.3 is 0 Å². The van der Waals surface area contributed by atoms with Crippen molar-refractivity contribution in [1.29, 1.82) is 0 Å². The first kappa shape index (κ1) is 32.7. The Morgan fingerprint density at radius 2 is 1.26 bits per heavy atom. The second-order valence-electron chi connectivity index (χ2n) is 11.6. The average molecular weight is 615 g/mol. The van der Waals surface area contributed by atoms with E-state index >= 15 is 0 Å². The van der Waals surface area contributed by atoms with E-state index in [2.05, 4.69) is 163 Å². The fourth-order valence-corrected chi connectivity index (χ4v) is 7.78. The van der Waals surface area contributed by atoms with Gasteiger partial charge in [0.2, 0.25) is 6.71 Å². The number of imidazole rings is 1. The molecule has 0 aliphatic heterocycles. The standard InChI is InChI=1S/C28H30N2Si.C14H13B/c1-2-3-4-7-13-24-14-12-19-27(22-24)31-28(30-21-20-29-23-30,25-15-8-5-9-16-25)26-17-10-6-11-18-26;1-2-15(13-9-5-3-6-10-13)14-11-7-4-8-12-14/h5-6,8-12,14-23H,2-4,7,13H2,1H3;2-12H,1H2. The maximum atomic E-state index is 4.42. The third-order valence-corrected chi connectivity index (χ3v) is 10.2. The normalized spacial score (nSPS) is 10.9. The second-order valence-corrected chi connectivity index (χ2v) is 13.1. The van der Waals surface area contributed by atoms with Crippen LogP contribution >= 0.6 is 0 Å². The molecule has 1 aromatic heterocycles. The number of benzene rings is 5. The van der Waals surface area contributed by atoms with Gasteiger partial charge in [-0.25, -0.2) is 4.98 Å². The molecule has 2 radical (unpaired) electrons. The van der Waals surface area contributed by atoms with Crippen LogP contribution in [0.2, 0.25) is 0 Å². The Balaban J connectivity index is 0.000000232. The van der Waals surface area contributed by atoms with Crippen LogP contribution in [0.1, 0.15) is 49.3 Å².